The van der Waals surface area contributed by atoms with Gasteiger partial charge in [-0.2, -0.15) is 0 Å². The van der Waals surface area contributed by atoms with Gasteiger partial charge in [0.05, 0.1) is 12.2 Å². The van der Waals surface area contributed by atoms with Crippen molar-refractivity contribution < 1.29 is 14.6 Å². The number of carboxylic acids is 1. The summed E-state index contributed by atoms with van der Waals surface area (Å²) in [5, 5.41) is 12.8. The molecule has 0 spiro atoms. The molecule has 3 aromatic rings. The first kappa shape index (κ1) is 19.9. The molecular weight excluding hydrogens is 378 g/mol. The summed E-state index contributed by atoms with van der Waals surface area (Å²) in [6.07, 6.45) is 3.85. The van der Waals surface area contributed by atoms with E-state index in [2.05, 4.69) is 71.6 Å². The Kier molecular flexibility index (Phi) is 5.68. The molecule has 0 fully saturated rings. The van der Waals surface area contributed by atoms with Crippen LogP contribution in [-0.4, -0.2) is 36.3 Å². The van der Waals surface area contributed by atoms with E-state index < -0.39 is 5.97 Å². The van der Waals surface area contributed by atoms with E-state index in [1.807, 2.05) is 0 Å². The van der Waals surface area contributed by atoms with E-state index in [1.165, 1.54) is 35.2 Å². The predicted molar refractivity (Wildman–Crippen MR) is 117 cm³/mol. The molecule has 1 atom stereocenters. The first-order chi connectivity index (χ1) is 14.5. The maximum atomic E-state index is 11.4. The number of aromatic nitrogens is 1. The highest BCUT2D eigenvalue weighted by Crippen LogP contribution is 2.31. The van der Waals surface area contributed by atoms with Gasteiger partial charge in [0.15, 0.2) is 5.75 Å². The first-order valence-corrected chi connectivity index (χ1v) is 9.99. The van der Waals surface area contributed by atoms with Crippen LogP contribution in [0.2, 0.25) is 0 Å². The van der Waals surface area contributed by atoms with Gasteiger partial charge >= 0.3 is 5.97 Å². The monoisotopic (exact) mass is 403 g/mol. The van der Waals surface area contributed by atoms with Gasteiger partial charge in [0.2, 0.25) is 0 Å². The minimum Gasteiger partial charge on any atom is -0.489 e. The largest absolute Gasteiger partial charge is 0.489 e. The zero-order valence-electron chi connectivity index (χ0n) is 17.1. The van der Waals surface area contributed by atoms with Gasteiger partial charge in [-0.3, -0.25) is 4.98 Å². The Morgan fingerprint density at radius 2 is 1.97 bits per heavy atom. The number of hydrogen-bond donors (Lipinski definition) is 2. The van der Waals surface area contributed by atoms with Gasteiger partial charge in [-0.1, -0.05) is 23.8 Å². The van der Waals surface area contributed by atoms with E-state index in [0.717, 1.165) is 24.3 Å². The number of ether oxygens (including phenoxy) is 1. The molecular formula is C24H25N3O3. The maximum Gasteiger partial charge on any atom is 0.339 e. The number of benzene rings is 2. The third kappa shape index (κ3) is 4.14. The fourth-order valence-corrected chi connectivity index (χ4v) is 3.76. The summed E-state index contributed by atoms with van der Waals surface area (Å²) < 4.78 is 5.84. The number of nitrogens with zero attached hydrogens (tertiary/aromatic N) is 2. The van der Waals surface area contributed by atoms with Crippen molar-refractivity contribution in [2.45, 2.75) is 19.4 Å². The molecule has 6 heteroatoms. The molecule has 0 unspecified atom stereocenters. The van der Waals surface area contributed by atoms with Gasteiger partial charge in [-0.05, 0) is 61.3 Å². The van der Waals surface area contributed by atoms with Crippen molar-refractivity contribution in [1.29, 1.82) is 0 Å². The number of fused-ring (bicyclic) bond motifs is 1. The van der Waals surface area contributed by atoms with Crippen molar-refractivity contribution in [1.82, 2.24) is 10.3 Å². The molecule has 0 saturated carbocycles. The van der Waals surface area contributed by atoms with Crippen LogP contribution in [0.3, 0.4) is 0 Å². The summed E-state index contributed by atoms with van der Waals surface area (Å²) in [5.41, 5.74) is 6.11. The Morgan fingerprint density at radius 3 is 2.73 bits per heavy atom. The predicted octanol–water partition coefficient (Wildman–Crippen LogP) is 4.12. The lowest BCUT2D eigenvalue weighted by molar-refractivity contribution is 0.0691. The number of pyridine rings is 1. The van der Waals surface area contributed by atoms with Crippen LogP contribution >= 0.6 is 0 Å². The number of aryl methyl sites for hydroxylation is 1. The van der Waals surface area contributed by atoms with Crippen molar-refractivity contribution in [3.05, 3.63) is 83.2 Å². The second-order valence-corrected chi connectivity index (χ2v) is 7.52. The van der Waals surface area contributed by atoms with Gasteiger partial charge in [0.1, 0.15) is 12.2 Å². The van der Waals surface area contributed by atoms with E-state index in [4.69, 9.17) is 4.74 Å². The first-order valence-electron chi connectivity index (χ1n) is 9.99. The molecule has 1 aromatic heterocycles. The number of anilines is 2. The summed E-state index contributed by atoms with van der Waals surface area (Å²) >= 11 is 0. The van der Waals surface area contributed by atoms with Crippen LogP contribution in [0, 0.1) is 6.92 Å². The number of nitrogens with one attached hydrogen (secondary N) is 1. The molecule has 1 aliphatic heterocycles. The SMILES string of the molecule is Cc1ccc(N(C)c2ccc3c(c2)CCN[C@H]3COc2cnccc2C(=O)O)cc1. The zero-order chi connectivity index (χ0) is 21.1. The third-order valence-electron chi connectivity index (χ3n) is 5.52. The Morgan fingerprint density at radius 1 is 1.20 bits per heavy atom. The topological polar surface area (TPSA) is 74.7 Å². The number of carbonyl (C=O) groups is 1. The standard InChI is InChI=1S/C24H25N3O3/c1-16-3-5-18(6-4-16)27(2)19-7-8-20-17(13-19)9-12-26-22(20)15-30-23-14-25-11-10-21(23)24(28)29/h3-8,10-11,13-14,22,26H,9,12,15H2,1-2H3,(H,28,29)/t22-/m0/s1. The van der Waals surface area contributed by atoms with Gasteiger partial charge in [0.25, 0.3) is 0 Å². The minimum absolute atomic E-state index is 0.00525. The number of aromatic carboxylic acids is 1. The molecule has 0 bridgehead atoms. The van der Waals surface area contributed by atoms with Crippen LogP contribution in [0.4, 0.5) is 11.4 Å². The van der Waals surface area contributed by atoms with Crippen molar-refractivity contribution in [3.63, 3.8) is 0 Å². The summed E-state index contributed by atoms with van der Waals surface area (Å²) in [7, 11) is 2.07. The van der Waals surface area contributed by atoms with Gasteiger partial charge < -0.3 is 20.1 Å². The molecule has 30 heavy (non-hydrogen) atoms. The molecule has 6 nitrogen and oxygen atoms in total. The molecule has 2 N–H and O–H groups in total. The number of rotatable bonds is 6. The van der Waals surface area contributed by atoms with Crippen LogP contribution < -0.4 is 15.0 Å². The normalized spacial score (nSPS) is 15.3. The van der Waals surface area contributed by atoms with Crippen LogP contribution in [0.1, 0.15) is 33.1 Å². The van der Waals surface area contributed by atoms with Crippen LogP contribution in [0.5, 0.6) is 5.75 Å². The van der Waals surface area contributed by atoms with E-state index in [1.54, 1.807) is 0 Å². The zero-order valence-corrected chi connectivity index (χ0v) is 17.1. The van der Waals surface area contributed by atoms with Crippen LogP contribution in [0.15, 0.2) is 60.9 Å². The van der Waals surface area contributed by atoms with E-state index in [-0.39, 0.29) is 17.4 Å². The summed E-state index contributed by atoms with van der Waals surface area (Å²) in [5.74, 6) is -0.733. The number of hydrogen-bond acceptors (Lipinski definition) is 5. The van der Waals surface area contributed by atoms with Crippen molar-refractivity contribution >= 4 is 17.3 Å². The van der Waals surface area contributed by atoms with Crippen molar-refractivity contribution in [2.75, 3.05) is 25.1 Å². The van der Waals surface area contributed by atoms with E-state index >= 15 is 0 Å². The van der Waals surface area contributed by atoms with Crippen molar-refractivity contribution in [3.8, 4) is 5.75 Å². The Hall–Kier alpha value is -3.38. The second-order valence-electron chi connectivity index (χ2n) is 7.52. The summed E-state index contributed by atoms with van der Waals surface area (Å²) in [6.45, 7) is 3.27. The second kappa shape index (κ2) is 8.55. The maximum absolute atomic E-state index is 11.4. The molecule has 0 aliphatic carbocycles. The lowest BCUT2D eigenvalue weighted by atomic mass is 9.94. The molecule has 2 aromatic carbocycles. The highest BCUT2D eigenvalue weighted by atomic mass is 16.5. The number of carboxylic acid groups (broad SMARTS) is 1. The fourth-order valence-electron chi connectivity index (χ4n) is 3.76. The Balaban J connectivity index is 1.52. The van der Waals surface area contributed by atoms with Gasteiger partial charge in [-0.25, -0.2) is 4.79 Å². The highest BCUT2D eigenvalue weighted by Gasteiger charge is 2.22. The molecule has 0 saturated heterocycles. The van der Waals surface area contributed by atoms with Crippen LogP contribution in [-0.2, 0) is 6.42 Å². The van der Waals surface area contributed by atoms with Crippen LogP contribution in [0.25, 0.3) is 0 Å². The summed E-state index contributed by atoms with van der Waals surface area (Å²) in [6, 6.07) is 16.4. The Bertz CT molecular complexity index is 1050. The molecule has 154 valence electrons. The van der Waals surface area contributed by atoms with E-state index in [9.17, 15) is 9.90 Å². The van der Waals surface area contributed by atoms with Gasteiger partial charge in [-0.15, -0.1) is 0 Å². The average molecular weight is 403 g/mol. The van der Waals surface area contributed by atoms with Gasteiger partial charge in [0, 0.05) is 24.6 Å². The smallest absolute Gasteiger partial charge is 0.339 e. The molecule has 0 radical (unpaired) electrons. The Labute approximate surface area is 176 Å². The lowest BCUT2D eigenvalue weighted by Crippen LogP contribution is -2.34. The average Bonchev–Trinajstić information content (AvgIpc) is 2.77. The fraction of sp³-hybridized carbons (Fsp3) is 0.250. The molecule has 4 rings (SSSR count). The summed E-state index contributed by atoms with van der Waals surface area (Å²) in [4.78, 5) is 17.5. The quantitative estimate of drug-likeness (QED) is 0.645. The molecule has 1 aliphatic rings. The molecule has 0 amide bonds. The lowest BCUT2D eigenvalue weighted by Gasteiger charge is -2.29. The minimum atomic E-state index is -1.02. The third-order valence-corrected chi connectivity index (χ3v) is 5.52. The van der Waals surface area contributed by atoms with Crippen molar-refractivity contribution in [2.24, 2.45) is 0 Å². The molecule has 2 heterocycles. The van der Waals surface area contributed by atoms with E-state index in [0.29, 0.717) is 6.61 Å². The highest BCUT2D eigenvalue weighted by molar-refractivity contribution is 5.90.